The first kappa shape index (κ1) is 31.9. The Balaban J connectivity index is 4.57. The molecule has 12 heteroatoms. The van der Waals surface area contributed by atoms with Crippen LogP contribution in [-0.2, 0) is 9.47 Å². The second kappa shape index (κ2) is 19.2. The van der Waals surface area contributed by atoms with E-state index in [2.05, 4.69) is 6.92 Å². The number of aliphatic hydroxyl groups excluding tert-OH is 9. The highest BCUT2D eigenvalue weighted by Crippen LogP contribution is 2.17. The van der Waals surface area contributed by atoms with E-state index in [1.165, 1.54) is 0 Å². The van der Waals surface area contributed by atoms with E-state index in [-0.39, 0.29) is 19.4 Å². The molecule has 0 aromatic rings. The smallest absolute Gasteiger partial charge is 0.183 e. The predicted molar refractivity (Wildman–Crippen MR) is 118 cm³/mol. The largest absolute Gasteiger partial charge is 0.396 e. The SMILES string of the molecule is CCCCSCCCCO[C@H](O)[C@@H](O)C(O)[C@@H](CCO)O[C@H](O)[C@@H](O)C(O)[C@@H](O)CCO. The van der Waals surface area contributed by atoms with Crippen molar-refractivity contribution in [2.24, 2.45) is 0 Å². The molecule has 8 atom stereocenters. The summed E-state index contributed by atoms with van der Waals surface area (Å²) in [7, 11) is 0. The lowest BCUT2D eigenvalue weighted by molar-refractivity contribution is -0.257. The van der Waals surface area contributed by atoms with Crippen LogP contribution in [0.2, 0.25) is 0 Å². The average Bonchev–Trinajstić information content (AvgIpc) is 2.78. The summed E-state index contributed by atoms with van der Waals surface area (Å²) in [5, 5.41) is 87.7. The van der Waals surface area contributed by atoms with Crippen LogP contribution in [0, 0.1) is 0 Å². The summed E-state index contributed by atoms with van der Waals surface area (Å²) in [6.07, 6.45) is -11.0. The van der Waals surface area contributed by atoms with Crippen LogP contribution in [0.4, 0.5) is 0 Å². The third-order valence-corrected chi connectivity index (χ3v) is 5.98. The molecule has 0 aromatic heterocycles. The summed E-state index contributed by atoms with van der Waals surface area (Å²) < 4.78 is 10.2. The molecule has 0 heterocycles. The van der Waals surface area contributed by atoms with Crippen molar-refractivity contribution in [2.75, 3.05) is 31.3 Å². The van der Waals surface area contributed by atoms with Gasteiger partial charge in [0.2, 0.25) is 0 Å². The minimum Gasteiger partial charge on any atom is -0.396 e. The molecule has 0 saturated heterocycles. The monoisotopic (exact) mass is 490 g/mol. The van der Waals surface area contributed by atoms with Gasteiger partial charge in [0.1, 0.15) is 24.4 Å². The fourth-order valence-electron chi connectivity index (χ4n) is 2.75. The zero-order valence-electron chi connectivity index (χ0n) is 18.6. The molecule has 0 radical (unpaired) electrons. The van der Waals surface area contributed by atoms with E-state index in [1.807, 2.05) is 11.8 Å². The Morgan fingerprint density at radius 3 is 1.88 bits per heavy atom. The second-order valence-corrected chi connectivity index (χ2v) is 8.78. The maximum Gasteiger partial charge on any atom is 0.183 e. The minimum absolute atomic E-state index is 0.154. The third kappa shape index (κ3) is 13.0. The first-order chi connectivity index (χ1) is 15.2. The fraction of sp³-hybridized carbons (Fsp3) is 1.00. The predicted octanol–water partition coefficient (Wildman–Crippen LogP) is -2.09. The quantitative estimate of drug-likeness (QED) is 0.0628. The van der Waals surface area contributed by atoms with Gasteiger partial charge in [-0.1, -0.05) is 13.3 Å². The summed E-state index contributed by atoms with van der Waals surface area (Å²) in [4.78, 5) is 0. The second-order valence-electron chi connectivity index (χ2n) is 7.55. The van der Waals surface area contributed by atoms with E-state index in [0.29, 0.717) is 6.42 Å². The number of thioether (sulfide) groups is 1. The van der Waals surface area contributed by atoms with Gasteiger partial charge in [0.25, 0.3) is 0 Å². The number of hydrogen-bond donors (Lipinski definition) is 9. The zero-order chi connectivity index (χ0) is 24.5. The van der Waals surface area contributed by atoms with Gasteiger partial charge in [-0.25, -0.2) is 0 Å². The van der Waals surface area contributed by atoms with E-state index >= 15 is 0 Å². The molecule has 0 rings (SSSR count). The highest BCUT2D eigenvalue weighted by molar-refractivity contribution is 7.99. The van der Waals surface area contributed by atoms with Crippen molar-refractivity contribution in [3.8, 4) is 0 Å². The number of ether oxygens (including phenoxy) is 2. The lowest BCUT2D eigenvalue weighted by Crippen LogP contribution is -2.51. The van der Waals surface area contributed by atoms with E-state index in [9.17, 15) is 40.9 Å². The van der Waals surface area contributed by atoms with Crippen LogP contribution in [0.1, 0.15) is 45.4 Å². The molecule has 0 aliphatic rings. The van der Waals surface area contributed by atoms with Crippen LogP contribution in [0.25, 0.3) is 0 Å². The molecule has 32 heavy (non-hydrogen) atoms. The molecule has 194 valence electrons. The van der Waals surface area contributed by atoms with Gasteiger partial charge in [-0.2, -0.15) is 11.8 Å². The maximum atomic E-state index is 10.3. The van der Waals surface area contributed by atoms with Crippen molar-refractivity contribution in [1.82, 2.24) is 0 Å². The fourth-order valence-corrected chi connectivity index (χ4v) is 3.86. The molecule has 0 aliphatic carbocycles. The Labute approximate surface area is 193 Å². The van der Waals surface area contributed by atoms with Gasteiger partial charge in [0, 0.05) is 19.8 Å². The van der Waals surface area contributed by atoms with Crippen molar-refractivity contribution in [1.29, 1.82) is 0 Å². The van der Waals surface area contributed by atoms with Gasteiger partial charge in [-0.15, -0.1) is 0 Å². The van der Waals surface area contributed by atoms with Crippen molar-refractivity contribution >= 4 is 11.8 Å². The van der Waals surface area contributed by atoms with Gasteiger partial charge in [0.05, 0.1) is 12.2 Å². The Morgan fingerprint density at radius 2 is 1.28 bits per heavy atom. The lowest BCUT2D eigenvalue weighted by Gasteiger charge is -2.33. The first-order valence-corrected chi connectivity index (χ1v) is 12.2. The van der Waals surface area contributed by atoms with Crippen molar-refractivity contribution in [2.45, 2.75) is 94.7 Å². The highest BCUT2D eigenvalue weighted by Gasteiger charge is 2.37. The molecular formula is C20H42O11S. The molecule has 0 amide bonds. The van der Waals surface area contributed by atoms with Crippen molar-refractivity contribution < 1.29 is 55.4 Å². The highest BCUT2D eigenvalue weighted by atomic mass is 32.2. The molecular weight excluding hydrogens is 448 g/mol. The number of aliphatic hydroxyl groups is 9. The molecule has 2 unspecified atom stereocenters. The van der Waals surface area contributed by atoms with Crippen LogP contribution in [0.15, 0.2) is 0 Å². The normalized spacial score (nSPS) is 19.7. The Morgan fingerprint density at radius 1 is 0.688 bits per heavy atom. The van der Waals surface area contributed by atoms with Gasteiger partial charge in [-0.05, 0) is 43.6 Å². The molecule has 0 fully saturated rings. The van der Waals surface area contributed by atoms with Crippen LogP contribution in [-0.4, -0.2) is 126 Å². The van der Waals surface area contributed by atoms with Crippen molar-refractivity contribution in [3.63, 3.8) is 0 Å². The summed E-state index contributed by atoms with van der Waals surface area (Å²) in [5.74, 6) is 2.05. The number of unbranched alkanes of at least 4 members (excludes halogenated alkanes) is 2. The molecule has 11 nitrogen and oxygen atoms in total. The molecule has 0 spiro atoms. The van der Waals surface area contributed by atoms with E-state index in [4.69, 9.17) is 14.6 Å². The average molecular weight is 491 g/mol. The van der Waals surface area contributed by atoms with Gasteiger partial charge < -0.3 is 55.4 Å². The summed E-state index contributed by atoms with van der Waals surface area (Å²) in [5.41, 5.74) is 0. The third-order valence-electron chi connectivity index (χ3n) is 4.83. The number of rotatable bonds is 21. The van der Waals surface area contributed by atoms with E-state index < -0.39 is 62.4 Å². The van der Waals surface area contributed by atoms with Crippen LogP contribution in [0.3, 0.4) is 0 Å². The van der Waals surface area contributed by atoms with Gasteiger partial charge >= 0.3 is 0 Å². The summed E-state index contributed by atoms with van der Waals surface area (Å²) in [6.45, 7) is 1.30. The zero-order valence-corrected chi connectivity index (χ0v) is 19.5. The lowest BCUT2D eigenvalue weighted by atomic mass is 10.0. The Kier molecular flexibility index (Phi) is 19.2. The van der Waals surface area contributed by atoms with Gasteiger partial charge in [0.15, 0.2) is 12.6 Å². The Bertz CT molecular complexity index is 434. The van der Waals surface area contributed by atoms with Gasteiger partial charge in [-0.3, -0.25) is 0 Å². The summed E-state index contributed by atoms with van der Waals surface area (Å²) in [6, 6.07) is 0. The van der Waals surface area contributed by atoms with E-state index in [0.717, 1.165) is 30.8 Å². The number of hydrogen-bond acceptors (Lipinski definition) is 12. The molecule has 0 saturated carbocycles. The summed E-state index contributed by atoms with van der Waals surface area (Å²) >= 11 is 1.83. The van der Waals surface area contributed by atoms with Crippen LogP contribution < -0.4 is 0 Å². The van der Waals surface area contributed by atoms with Crippen molar-refractivity contribution in [3.05, 3.63) is 0 Å². The molecule has 9 N–H and O–H groups in total. The molecule has 0 aromatic carbocycles. The van der Waals surface area contributed by atoms with Crippen LogP contribution in [0.5, 0.6) is 0 Å². The standard InChI is InChI=1S/C20H42O11S/c1-2-3-11-32-12-5-4-10-30-19(28)18(27)16(25)14(7-9-22)31-20(29)17(26)15(24)13(23)6-8-21/h13-29H,2-12H2,1H3/t13-,14+,15?,16?,17-,18-,19-,20-/m0/s1. The molecule has 0 aliphatic heterocycles. The topological polar surface area (TPSA) is 201 Å². The Hall–Kier alpha value is -0.0900. The molecule has 0 bridgehead atoms. The van der Waals surface area contributed by atoms with Crippen LogP contribution >= 0.6 is 11.8 Å². The first-order valence-electron chi connectivity index (χ1n) is 11.0. The van der Waals surface area contributed by atoms with E-state index in [1.54, 1.807) is 0 Å². The minimum atomic E-state index is -2.10. The maximum absolute atomic E-state index is 10.3.